The summed E-state index contributed by atoms with van der Waals surface area (Å²) in [5.74, 6) is -1.48. The number of benzene rings is 1. The van der Waals surface area contributed by atoms with Crippen molar-refractivity contribution in [2.24, 2.45) is 0 Å². The Hall–Kier alpha value is -3.40. The van der Waals surface area contributed by atoms with Gasteiger partial charge in [-0.05, 0) is 26.3 Å². The molecule has 34 heavy (non-hydrogen) atoms. The zero-order chi connectivity index (χ0) is 24.9. The molecule has 182 valence electrons. The van der Waals surface area contributed by atoms with E-state index in [4.69, 9.17) is 14.2 Å². The number of thiazole rings is 1. The standard InChI is InChI=1S/C24H29N3O6S/c1-6-33-18(28)12-17-13-34-23(26-17)27-20-19(21(29)31-4)14(2)25-15(3)24(20,22(30)32-5)16-10-8-7-9-11-16/h7-11,13,15,20,25H,6,12H2,1-5H3,(H,26,27). The molecule has 0 saturated carbocycles. The van der Waals surface area contributed by atoms with Crippen molar-refractivity contribution in [3.05, 3.63) is 58.2 Å². The van der Waals surface area contributed by atoms with Crippen LogP contribution in [0.2, 0.25) is 0 Å². The lowest BCUT2D eigenvalue weighted by Gasteiger charge is -2.47. The third-order valence-corrected chi connectivity index (χ3v) is 6.72. The molecule has 9 nitrogen and oxygen atoms in total. The van der Waals surface area contributed by atoms with Gasteiger partial charge in [0.05, 0.1) is 44.6 Å². The van der Waals surface area contributed by atoms with Crippen molar-refractivity contribution in [1.82, 2.24) is 10.3 Å². The first-order valence-electron chi connectivity index (χ1n) is 10.9. The Bertz CT molecular complexity index is 1080. The number of rotatable bonds is 8. The van der Waals surface area contributed by atoms with Crippen LogP contribution in [0.15, 0.2) is 47.0 Å². The smallest absolute Gasteiger partial charge is 0.337 e. The van der Waals surface area contributed by atoms with Gasteiger partial charge in [-0.3, -0.25) is 9.59 Å². The SMILES string of the molecule is CCOC(=O)Cc1csc(NC2C(C(=O)OC)=C(C)NC(C)C2(C(=O)OC)c2ccccc2)n1. The number of nitrogens with zero attached hydrogens (tertiary/aromatic N) is 1. The summed E-state index contributed by atoms with van der Waals surface area (Å²) in [6, 6.07) is 7.84. The predicted molar refractivity (Wildman–Crippen MR) is 127 cm³/mol. The van der Waals surface area contributed by atoms with Gasteiger partial charge in [0.2, 0.25) is 0 Å². The number of ether oxygens (including phenoxy) is 3. The van der Waals surface area contributed by atoms with Crippen LogP contribution in [-0.2, 0) is 40.4 Å². The minimum atomic E-state index is -1.33. The highest BCUT2D eigenvalue weighted by Gasteiger charge is 2.58. The van der Waals surface area contributed by atoms with Crippen LogP contribution in [0.3, 0.4) is 0 Å². The van der Waals surface area contributed by atoms with Gasteiger partial charge in [0.15, 0.2) is 5.13 Å². The van der Waals surface area contributed by atoms with Gasteiger partial charge in [-0.25, -0.2) is 9.78 Å². The highest BCUT2D eigenvalue weighted by atomic mass is 32.1. The van der Waals surface area contributed by atoms with Gasteiger partial charge >= 0.3 is 17.9 Å². The van der Waals surface area contributed by atoms with E-state index in [2.05, 4.69) is 15.6 Å². The van der Waals surface area contributed by atoms with E-state index in [1.54, 1.807) is 19.2 Å². The fourth-order valence-electron chi connectivity index (χ4n) is 4.43. The van der Waals surface area contributed by atoms with Gasteiger partial charge in [0.1, 0.15) is 5.41 Å². The average molecular weight is 488 g/mol. The lowest BCUT2D eigenvalue weighted by molar-refractivity contribution is -0.150. The van der Waals surface area contributed by atoms with Gasteiger partial charge in [0, 0.05) is 17.1 Å². The second-order valence-electron chi connectivity index (χ2n) is 7.83. The highest BCUT2D eigenvalue weighted by Crippen LogP contribution is 2.42. The van der Waals surface area contributed by atoms with Crippen LogP contribution < -0.4 is 10.6 Å². The summed E-state index contributed by atoms with van der Waals surface area (Å²) in [4.78, 5) is 42.9. The maximum Gasteiger partial charge on any atom is 0.337 e. The largest absolute Gasteiger partial charge is 0.468 e. The Morgan fingerprint density at radius 1 is 1.18 bits per heavy atom. The molecule has 1 aromatic carbocycles. The quantitative estimate of drug-likeness (QED) is 0.428. The number of nitrogens with one attached hydrogen (secondary N) is 2. The number of anilines is 1. The van der Waals surface area contributed by atoms with E-state index in [1.165, 1.54) is 25.6 Å². The number of hydrogen-bond acceptors (Lipinski definition) is 10. The van der Waals surface area contributed by atoms with Crippen LogP contribution in [0.25, 0.3) is 0 Å². The summed E-state index contributed by atoms with van der Waals surface area (Å²) in [5, 5.41) is 8.74. The molecule has 1 aromatic heterocycles. The number of carbonyl (C=O) groups is 3. The van der Waals surface area contributed by atoms with Crippen molar-refractivity contribution in [1.29, 1.82) is 0 Å². The average Bonchev–Trinajstić information content (AvgIpc) is 3.26. The number of carbonyl (C=O) groups excluding carboxylic acids is 3. The lowest BCUT2D eigenvalue weighted by atomic mass is 9.64. The summed E-state index contributed by atoms with van der Waals surface area (Å²) in [5.41, 5.74) is 0.701. The molecule has 1 aliphatic rings. The van der Waals surface area contributed by atoms with E-state index in [9.17, 15) is 14.4 Å². The van der Waals surface area contributed by atoms with Crippen LogP contribution in [0.5, 0.6) is 0 Å². The Kier molecular flexibility index (Phi) is 7.93. The van der Waals surface area contributed by atoms with Crippen molar-refractivity contribution in [2.45, 2.75) is 44.7 Å². The first-order valence-corrected chi connectivity index (χ1v) is 11.7. The molecule has 10 heteroatoms. The lowest BCUT2D eigenvalue weighted by Crippen LogP contribution is -2.65. The zero-order valence-electron chi connectivity index (χ0n) is 19.8. The number of allylic oxidation sites excluding steroid dienone is 1. The van der Waals surface area contributed by atoms with Crippen molar-refractivity contribution in [2.75, 3.05) is 26.1 Å². The first-order chi connectivity index (χ1) is 16.3. The maximum absolute atomic E-state index is 13.5. The fourth-order valence-corrected chi connectivity index (χ4v) is 5.17. The second-order valence-corrected chi connectivity index (χ2v) is 8.68. The van der Waals surface area contributed by atoms with Crippen LogP contribution in [0, 0.1) is 0 Å². The number of aromatic nitrogens is 1. The number of methoxy groups -OCH3 is 2. The number of esters is 3. The van der Waals surface area contributed by atoms with Crippen LogP contribution in [-0.4, -0.2) is 55.8 Å². The molecule has 0 radical (unpaired) electrons. The summed E-state index contributed by atoms with van der Waals surface area (Å²) < 4.78 is 15.4. The minimum absolute atomic E-state index is 0.0220. The van der Waals surface area contributed by atoms with Crippen molar-refractivity contribution in [3.8, 4) is 0 Å². The minimum Gasteiger partial charge on any atom is -0.468 e. The summed E-state index contributed by atoms with van der Waals surface area (Å²) in [6.07, 6.45) is 0.0220. The molecular formula is C24H29N3O6S. The Morgan fingerprint density at radius 3 is 2.50 bits per heavy atom. The van der Waals surface area contributed by atoms with Crippen molar-refractivity contribution >= 4 is 34.4 Å². The molecule has 3 atom stereocenters. The normalized spacial score (nSPS) is 21.9. The highest BCUT2D eigenvalue weighted by molar-refractivity contribution is 7.13. The number of hydrogen-bond donors (Lipinski definition) is 2. The van der Waals surface area contributed by atoms with Crippen LogP contribution >= 0.6 is 11.3 Å². The van der Waals surface area contributed by atoms with Crippen LogP contribution in [0.1, 0.15) is 32.0 Å². The molecule has 3 unspecified atom stereocenters. The van der Waals surface area contributed by atoms with Gasteiger partial charge in [-0.2, -0.15) is 0 Å². The maximum atomic E-state index is 13.5. The van der Waals surface area contributed by atoms with E-state index in [0.29, 0.717) is 22.1 Å². The molecule has 2 heterocycles. The molecular weight excluding hydrogens is 458 g/mol. The van der Waals surface area contributed by atoms with Crippen LogP contribution in [0.4, 0.5) is 5.13 Å². The molecule has 0 fully saturated rings. The Morgan fingerprint density at radius 2 is 1.88 bits per heavy atom. The Labute approximate surface area is 202 Å². The van der Waals surface area contributed by atoms with Gasteiger partial charge < -0.3 is 24.8 Å². The van der Waals surface area contributed by atoms with Gasteiger partial charge in [0.25, 0.3) is 0 Å². The topological polar surface area (TPSA) is 116 Å². The molecule has 0 spiro atoms. The van der Waals surface area contributed by atoms with Crippen molar-refractivity contribution in [3.63, 3.8) is 0 Å². The van der Waals surface area contributed by atoms with E-state index >= 15 is 0 Å². The molecule has 1 aliphatic heterocycles. The van der Waals surface area contributed by atoms with Gasteiger partial charge in [-0.15, -0.1) is 11.3 Å². The summed E-state index contributed by atoms with van der Waals surface area (Å²) in [6.45, 7) is 5.65. The molecule has 0 saturated heterocycles. The molecule has 0 aliphatic carbocycles. The van der Waals surface area contributed by atoms with Gasteiger partial charge in [-0.1, -0.05) is 30.3 Å². The fraction of sp³-hybridized carbons (Fsp3) is 0.417. The first kappa shape index (κ1) is 25.2. The molecule has 0 bridgehead atoms. The summed E-state index contributed by atoms with van der Waals surface area (Å²) in [7, 11) is 2.61. The van der Waals surface area contributed by atoms with Crippen molar-refractivity contribution < 1.29 is 28.6 Å². The third-order valence-electron chi connectivity index (χ3n) is 5.89. The van der Waals surface area contributed by atoms with E-state index in [1.807, 2.05) is 37.3 Å². The molecule has 0 amide bonds. The molecule has 2 N–H and O–H groups in total. The summed E-state index contributed by atoms with van der Waals surface area (Å²) >= 11 is 1.27. The predicted octanol–water partition coefficient (Wildman–Crippen LogP) is 2.58. The molecule has 2 aromatic rings. The Balaban J connectivity index is 2.15. The monoisotopic (exact) mass is 487 g/mol. The van der Waals surface area contributed by atoms with E-state index in [-0.39, 0.29) is 24.6 Å². The molecule has 3 rings (SSSR count). The van der Waals surface area contributed by atoms with E-state index in [0.717, 1.165) is 0 Å². The zero-order valence-corrected chi connectivity index (χ0v) is 20.7. The second kappa shape index (κ2) is 10.7. The van der Waals surface area contributed by atoms with E-state index < -0.39 is 29.4 Å². The third kappa shape index (κ3) is 4.63.